The lowest BCUT2D eigenvalue weighted by Crippen LogP contribution is -2.29. The second-order valence-corrected chi connectivity index (χ2v) is 7.66. The average Bonchev–Trinajstić information content (AvgIpc) is 3.10. The van der Waals surface area contributed by atoms with Gasteiger partial charge in [-0.25, -0.2) is 4.79 Å². The first-order valence-corrected chi connectivity index (χ1v) is 10.6. The average molecular weight is 441 g/mol. The highest BCUT2D eigenvalue weighted by atomic mass is 16.5. The summed E-state index contributed by atoms with van der Waals surface area (Å²) in [6.45, 7) is 3.87. The van der Waals surface area contributed by atoms with E-state index in [1.165, 1.54) is 4.90 Å². The van der Waals surface area contributed by atoms with Crippen molar-refractivity contribution >= 4 is 29.1 Å². The Bertz CT molecular complexity index is 1250. The number of aliphatic hydroxyl groups is 1. The van der Waals surface area contributed by atoms with E-state index in [-0.39, 0.29) is 17.9 Å². The fraction of sp³-hybridized carbons (Fsp3) is 0.148. The summed E-state index contributed by atoms with van der Waals surface area (Å²) in [7, 11) is 0. The lowest BCUT2D eigenvalue weighted by atomic mass is 9.92. The second-order valence-electron chi connectivity index (χ2n) is 7.66. The number of esters is 1. The van der Waals surface area contributed by atoms with Gasteiger partial charge in [-0.1, -0.05) is 54.6 Å². The Kier molecular flexibility index (Phi) is 6.09. The third-order valence-corrected chi connectivity index (χ3v) is 5.63. The van der Waals surface area contributed by atoms with E-state index >= 15 is 0 Å². The molecule has 1 N–H and O–H groups in total. The Morgan fingerprint density at radius 3 is 2.18 bits per heavy atom. The number of carbonyl (C=O) groups is 3. The van der Waals surface area contributed by atoms with E-state index < -0.39 is 23.7 Å². The number of hydrogen-bond acceptors (Lipinski definition) is 5. The Labute approximate surface area is 191 Å². The van der Waals surface area contributed by atoms with Gasteiger partial charge in [-0.3, -0.25) is 14.5 Å². The van der Waals surface area contributed by atoms with E-state index in [1.54, 1.807) is 61.5 Å². The number of anilines is 1. The fourth-order valence-corrected chi connectivity index (χ4v) is 4.01. The van der Waals surface area contributed by atoms with Crippen LogP contribution in [0, 0.1) is 6.92 Å². The van der Waals surface area contributed by atoms with Gasteiger partial charge in [0.25, 0.3) is 11.7 Å². The van der Waals surface area contributed by atoms with Crippen molar-refractivity contribution in [2.75, 3.05) is 11.5 Å². The molecule has 0 aliphatic carbocycles. The molecule has 0 saturated carbocycles. The smallest absolute Gasteiger partial charge is 0.338 e. The van der Waals surface area contributed by atoms with Crippen LogP contribution in [0.5, 0.6) is 0 Å². The van der Waals surface area contributed by atoms with Crippen LogP contribution in [0.3, 0.4) is 0 Å². The quantitative estimate of drug-likeness (QED) is 0.266. The predicted octanol–water partition coefficient (Wildman–Crippen LogP) is 4.80. The number of Topliss-reactive ketones (excluding diaryl/α,β-unsaturated/α-hetero) is 1. The molecule has 1 fully saturated rings. The molecular formula is C27H23NO5. The van der Waals surface area contributed by atoms with E-state index in [0.29, 0.717) is 16.8 Å². The van der Waals surface area contributed by atoms with Crippen LogP contribution in [0.1, 0.15) is 40.0 Å². The van der Waals surface area contributed by atoms with Crippen molar-refractivity contribution in [3.8, 4) is 0 Å². The minimum atomic E-state index is -0.820. The maximum absolute atomic E-state index is 13.2. The van der Waals surface area contributed by atoms with Crippen LogP contribution in [0.25, 0.3) is 5.76 Å². The molecule has 33 heavy (non-hydrogen) atoms. The van der Waals surface area contributed by atoms with E-state index in [4.69, 9.17) is 4.74 Å². The third kappa shape index (κ3) is 4.03. The van der Waals surface area contributed by atoms with Crippen molar-refractivity contribution in [1.82, 2.24) is 0 Å². The molecule has 4 rings (SSSR count). The Morgan fingerprint density at radius 1 is 0.909 bits per heavy atom. The number of ether oxygens (including phenoxy) is 1. The summed E-state index contributed by atoms with van der Waals surface area (Å²) in [5.74, 6) is -2.21. The molecule has 1 aliphatic rings. The number of amides is 1. The highest BCUT2D eigenvalue weighted by molar-refractivity contribution is 6.51. The van der Waals surface area contributed by atoms with E-state index in [1.807, 2.05) is 31.2 Å². The number of ketones is 1. The minimum Gasteiger partial charge on any atom is -0.507 e. The van der Waals surface area contributed by atoms with Gasteiger partial charge in [0.15, 0.2) is 0 Å². The molecule has 0 aromatic heterocycles. The normalized spacial score (nSPS) is 17.3. The number of aryl methyl sites for hydroxylation is 1. The van der Waals surface area contributed by atoms with Crippen LogP contribution in [0.4, 0.5) is 5.69 Å². The molecule has 0 spiro atoms. The molecule has 1 heterocycles. The second kappa shape index (κ2) is 9.12. The van der Waals surface area contributed by atoms with Crippen molar-refractivity contribution in [1.29, 1.82) is 0 Å². The first-order chi connectivity index (χ1) is 15.9. The molecule has 1 amide bonds. The first-order valence-electron chi connectivity index (χ1n) is 10.6. The number of benzene rings is 3. The molecule has 166 valence electrons. The Hall–Kier alpha value is -4.19. The number of aliphatic hydroxyl groups excluding tert-OH is 1. The lowest BCUT2D eigenvalue weighted by Gasteiger charge is -2.26. The van der Waals surface area contributed by atoms with Crippen molar-refractivity contribution < 1.29 is 24.2 Å². The summed E-state index contributed by atoms with van der Waals surface area (Å²) in [6.07, 6.45) is 0. The molecule has 0 radical (unpaired) electrons. The molecule has 6 nitrogen and oxygen atoms in total. The summed E-state index contributed by atoms with van der Waals surface area (Å²) < 4.78 is 5.02. The lowest BCUT2D eigenvalue weighted by molar-refractivity contribution is -0.132. The summed E-state index contributed by atoms with van der Waals surface area (Å²) in [5, 5.41) is 11.1. The van der Waals surface area contributed by atoms with Crippen LogP contribution >= 0.6 is 0 Å². The van der Waals surface area contributed by atoms with Crippen molar-refractivity contribution in [2.45, 2.75) is 19.9 Å². The predicted molar refractivity (Wildman–Crippen MR) is 125 cm³/mol. The summed E-state index contributed by atoms with van der Waals surface area (Å²) in [6, 6.07) is 21.6. The van der Waals surface area contributed by atoms with Crippen LogP contribution in [-0.2, 0) is 14.3 Å². The zero-order chi connectivity index (χ0) is 23.5. The van der Waals surface area contributed by atoms with E-state index in [9.17, 15) is 19.5 Å². The van der Waals surface area contributed by atoms with E-state index in [0.717, 1.165) is 11.1 Å². The van der Waals surface area contributed by atoms with Gasteiger partial charge in [0.2, 0.25) is 0 Å². The highest BCUT2D eigenvalue weighted by Gasteiger charge is 2.47. The Balaban J connectivity index is 1.88. The SMILES string of the molecule is CCOC(=O)c1ccc(N2C(=O)C(=O)/C(=C(/O)c3ccccc3)C2c2ccccc2C)cc1. The van der Waals surface area contributed by atoms with Gasteiger partial charge in [0, 0.05) is 11.3 Å². The van der Waals surface area contributed by atoms with Crippen LogP contribution in [-0.4, -0.2) is 29.4 Å². The largest absolute Gasteiger partial charge is 0.507 e. The molecule has 1 saturated heterocycles. The van der Waals surface area contributed by atoms with Crippen molar-refractivity contribution in [2.24, 2.45) is 0 Å². The maximum Gasteiger partial charge on any atom is 0.338 e. The van der Waals surface area contributed by atoms with Crippen LogP contribution < -0.4 is 4.90 Å². The van der Waals surface area contributed by atoms with Crippen molar-refractivity contribution in [3.05, 3.63) is 107 Å². The van der Waals surface area contributed by atoms with Crippen LogP contribution in [0.2, 0.25) is 0 Å². The zero-order valence-corrected chi connectivity index (χ0v) is 18.3. The monoisotopic (exact) mass is 441 g/mol. The molecule has 3 aromatic carbocycles. The van der Waals surface area contributed by atoms with Gasteiger partial charge in [0.1, 0.15) is 5.76 Å². The number of nitrogens with zero attached hydrogens (tertiary/aromatic N) is 1. The molecule has 0 bridgehead atoms. The summed E-state index contributed by atoms with van der Waals surface area (Å²) in [4.78, 5) is 39.8. The van der Waals surface area contributed by atoms with Gasteiger partial charge in [0.05, 0.1) is 23.8 Å². The van der Waals surface area contributed by atoms with Crippen LogP contribution in [0.15, 0.2) is 84.4 Å². The third-order valence-electron chi connectivity index (χ3n) is 5.63. The molecule has 6 heteroatoms. The number of carbonyl (C=O) groups excluding carboxylic acids is 3. The highest BCUT2D eigenvalue weighted by Crippen LogP contribution is 2.43. The van der Waals surface area contributed by atoms with Gasteiger partial charge in [-0.2, -0.15) is 0 Å². The Morgan fingerprint density at radius 2 is 1.55 bits per heavy atom. The van der Waals surface area contributed by atoms with Gasteiger partial charge in [-0.15, -0.1) is 0 Å². The molecule has 1 aliphatic heterocycles. The zero-order valence-electron chi connectivity index (χ0n) is 18.3. The van der Waals surface area contributed by atoms with Gasteiger partial charge >= 0.3 is 5.97 Å². The standard InChI is InChI=1S/C27H23NO5/c1-3-33-27(32)19-13-15-20(16-14-19)28-23(21-12-8-7-9-17(21)2)22(25(30)26(28)31)24(29)18-10-5-4-6-11-18/h4-16,23,29H,3H2,1-2H3/b24-22+. The van der Waals surface area contributed by atoms with Gasteiger partial charge in [-0.05, 0) is 49.2 Å². The van der Waals surface area contributed by atoms with Gasteiger partial charge < -0.3 is 9.84 Å². The summed E-state index contributed by atoms with van der Waals surface area (Å²) in [5.41, 5.74) is 2.85. The molecular weight excluding hydrogens is 418 g/mol. The first kappa shape index (κ1) is 22.0. The maximum atomic E-state index is 13.2. The number of hydrogen-bond donors (Lipinski definition) is 1. The minimum absolute atomic E-state index is 0.0231. The topological polar surface area (TPSA) is 83.9 Å². The molecule has 1 atom stereocenters. The fourth-order valence-electron chi connectivity index (χ4n) is 4.01. The molecule has 3 aromatic rings. The number of rotatable bonds is 5. The molecule has 1 unspecified atom stereocenters. The summed E-state index contributed by atoms with van der Waals surface area (Å²) >= 11 is 0. The van der Waals surface area contributed by atoms with E-state index in [2.05, 4.69) is 0 Å². The van der Waals surface area contributed by atoms with Crippen molar-refractivity contribution in [3.63, 3.8) is 0 Å².